The summed E-state index contributed by atoms with van der Waals surface area (Å²) in [4.78, 5) is 116. The molecule has 0 radical (unpaired) electrons. The van der Waals surface area contributed by atoms with Crippen molar-refractivity contribution < 1.29 is 38.2 Å². The fourth-order valence-electron chi connectivity index (χ4n) is 12.9. The van der Waals surface area contributed by atoms with Crippen LogP contribution in [0.2, 0.25) is 0 Å². The monoisotopic (exact) mass is 1680 g/mol. The SMILES string of the molecule is C.C.CC(=O)Nc1sc2c(c1-c1nc3cnccc3s1)CC(C)N(C(=O)OC(C)(C)C)C2.CC(=O)Nc1sc2c(c1-c1nc3cnccc3s1)CC(C)NC2.CC(=O)Nc1sc2c(c1-c1nc3cnccc3s1)CCN(C(=O)OC(C)(C)C)C2C.CC(=O)Nc1sc2c(c1-c1nc3cnccc3s1)CCNC2C.Cl.Cl. The second-order valence-electron chi connectivity index (χ2n) is 28.1. The number of ether oxygens (including phenoxy) is 2. The van der Waals surface area contributed by atoms with E-state index in [4.69, 9.17) is 29.4 Å². The molecule has 24 nitrogen and oxygen atoms in total. The number of nitrogens with zero attached hydrogens (tertiary/aromatic N) is 10. The Morgan fingerprint density at radius 2 is 0.827 bits per heavy atom. The van der Waals surface area contributed by atoms with Gasteiger partial charge in [-0.3, -0.25) is 39.1 Å². The number of pyridine rings is 4. The number of thiophene rings is 4. The van der Waals surface area contributed by atoms with Crippen LogP contribution in [0.4, 0.5) is 29.6 Å². The van der Waals surface area contributed by atoms with Crippen molar-refractivity contribution in [3.05, 3.63) is 116 Å². The lowest BCUT2D eigenvalue weighted by atomic mass is 9.97. The van der Waals surface area contributed by atoms with Gasteiger partial charge in [-0.2, -0.15) is 0 Å². The maximum absolute atomic E-state index is 12.7. The summed E-state index contributed by atoms with van der Waals surface area (Å²) in [6.07, 6.45) is 16.8. The van der Waals surface area contributed by atoms with Gasteiger partial charge >= 0.3 is 12.2 Å². The average Bonchev–Trinajstić information content (AvgIpc) is 1.62. The largest absolute Gasteiger partial charge is 0.444 e. The first-order chi connectivity index (χ1) is 50.5. The highest BCUT2D eigenvalue weighted by atomic mass is 35.5. The number of halogens is 2. The highest BCUT2D eigenvalue weighted by molar-refractivity contribution is 7.25. The molecule has 0 saturated heterocycles. The van der Waals surface area contributed by atoms with Gasteiger partial charge in [-0.15, -0.1) is 116 Å². The number of carbonyl (C=O) groups is 6. The molecular formula is C76H90Cl2N16O8S8. The minimum atomic E-state index is -0.548. The van der Waals surface area contributed by atoms with E-state index in [-0.39, 0.29) is 87.6 Å². The summed E-state index contributed by atoms with van der Waals surface area (Å²) in [5, 5.41) is 25.9. The van der Waals surface area contributed by atoms with E-state index < -0.39 is 11.2 Å². The molecule has 0 aliphatic carbocycles. The normalized spacial score (nSPS) is 16.2. The molecule has 110 heavy (non-hydrogen) atoms. The molecule has 16 heterocycles. The molecule has 0 spiro atoms. The molecule has 0 fully saturated rings. The average molecular weight is 1680 g/mol. The van der Waals surface area contributed by atoms with Gasteiger partial charge in [-0.05, 0) is 148 Å². The zero-order valence-corrected chi connectivity index (χ0v) is 69.9. The standard InChI is InChI=1S/2C21H24N4O3S2.2C16H16N4OS2.2CH4.2ClH/c1-11-17-13(7-9-25(11)20(27)28-21(3,4)5)16(18(30-17)23-12(2)26)19-24-14-10-22-8-6-15(14)29-19;1-11-8-13-16(10-25(11)20(27)28-21(3,4)5)30-18(23-12(2)26)17(13)19-24-14-9-22-7-6-15(14)29-19;1-8-14-10(3-6-18-8)13(15(23-14)19-9(2)21)16-20-11-7-17-5-4-12(11)22-16;1-8-5-10-13(7-18-8)23-15(19-9(2)21)14(10)16-20-11-6-17-4-3-12(11)22-16;;;;/h6,8,10-11H,7,9H2,1-5H3,(H,23,26);6-7,9,11H,8,10H2,1-5H3,(H,23,26);4-5,7-8,18H,3,6H2,1-2H3,(H,19,21);3-4,6,8,18H,5,7H2,1-2H3,(H,19,21);2*1H4;2*1H. The molecule has 4 atom stereocenters. The number of nitrogens with one attached hydrogen (secondary N) is 6. The van der Waals surface area contributed by atoms with Crippen LogP contribution in [0, 0.1) is 0 Å². The van der Waals surface area contributed by atoms with Crippen LogP contribution in [-0.4, -0.2) is 122 Å². The Kier molecular flexibility index (Phi) is 27.9. The van der Waals surface area contributed by atoms with Gasteiger partial charge < -0.3 is 51.2 Å². The maximum atomic E-state index is 12.7. The van der Waals surface area contributed by atoms with Crippen LogP contribution in [-0.2, 0) is 67.4 Å². The number of anilines is 4. The first kappa shape index (κ1) is 85.9. The molecule has 4 unspecified atom stereocenters. The Bertz CT molecular complexity index is 5220. The van der Waals surface area contributed by atoms with Crippen molar-refractivity contribution >= 4 is 212 Å². The number of aromatic nitrogens is 8. The molecule has 0 aromatic carbocycles. The molecule has 16 rings (SSSR count). The summed E-state index contributed by atoms with van der Waals surface area (Å²) >= 11 is 12.8. The van der Waals surface area contributed by atoms with Gasteiger partial charge in [-0.25, -0.2) is 29.5 Å². The quantitative estimate of drug-likeness (QED) is 0.0823. The van der Waals surface area contributed by atoms with E-state index in [0.29, 0.717) is 38.0 Å². The highest BCUT2D eigenvalue weighted by Crippen LogP contribution is 2.52. The topological polar surface area (TPSA) is 303 Å². The first-order valence-corrected chi connectivity index (χ1v) is 41.0. The van der Waals surface area contributed by atoms with Gasteiger partial charge in [0.05, 0.1) is 56.2 Å². The van der Waals surface area contributed by atoms with Crippen molar-refractivity contribution in [3.63, 3.8) is 0 Å². The summed E-state index contributed by atoms with van der Waals surface area (Å²) in [6, 6.07) is 8.42. The van der Waals surface area contributed by atoms with E-state index in [1.165, 1.54) is 57.4 Å². The molecule has 0 bridgehead atoms. The predicted octanol–water partition coefficient (Wildman–Crippen LogP) is 19.4. The smallest absolute Gasteiger partial charge is 0.410 e. The molecule has 584 valence electrons. The van der Waals surface area contributed by atoms with E-state index in [2.05, 4.69) is 65.7 Å². The third-order valence-electron chi connectivity index (χ3n) is 17.4. The summed E-state index contributed by atoms with van der Waals surface area (Å²) in [5.74, 6) is -0.356. The van der Waals surface area contributed by atoms with Crippen LogP contribution in [0.3, 0.4) is 0 Å². The van der Waals surface area contributed by atoms with Crippen molar-refractivity contribution in [3.8, 4) is 42.3 Å². The van der Waals surface area contributed by atoms with Crippen LogP contribution in [0.1, 0.15) is 166 Å². The van der Waals surface area contributed by atoms with E-state index in [9.17, 15) is 28.8 Å². The summed E-state index contributed by atoms with van der Waals surface area (Å²) in [5.41, 5.74) is 11.4. The van der Waals surface area contributed by atoms with Crippen molar-refractivity contribution in [1.29, 1.82) is 0 Å². The Hall–Kier alpha value is -8.12. The van der Waals surface area contributed by atoms with Crippen LogP contribution in [0.5, 0.6) is 0 Å². The second-order valence-corrected chi connectivity index (χ2v) is 36.5. The number of rotatable bonds is 8. The predicted molar refractivity (Wildman–Crippen MR) is 458 cm³/mol. The molecule has 6 amide bonds. The van der Waals surface area contributed by atoms with Gasteiger partial charge in [0.2, 0.25) is 23.6 Å². The van der Waals surface area contributed by atoms with E-state index in [1.807, 2.05) is 79.7 Å². The van der Waals surface area contributed by atoms with Crippen molar-refractivity contribution in [2.24, 2.45) is 0 Å². The first-order valence-electron chi connectivity index (χ1n) is 34.5. The third-order valence-corrected chi connectivity index (χ3v) is 26.6. The minimum absolute atomic E-state index is 0. The molecule has 12 aromatic rings. The summed E-state index contributed by atoms with van der Waals surface area (Å²) in [7, 11) is 0. The summed E-state index contributed by atoms with van der Waals surface area (Å²) in [6.45, 7) is 28.5. The van der Waals surface area contributed by atoms with Crippen molar-refractivity contribution in [2.45, 2.75) is 186 Å². The second kappa shape index (κ2) is 35.7. The highest BCUT2D eigenvalue weighted by Gasteiger charge is 2.39. The molecule has 4 aliphatic rings. The number of hydrogen-bond donors (Lipinski definition) is 6. The molecule has 34 heteroatoms. The van der Waals surface area contributed by atoms with Crippen LogP contribution >= 0.6 is 116 Å². The number of hydrogen-bond acceptors (Lipinski definition) is 26. The zero-order chi connectivity index (χ0) is 75.2. The van der Waals surface area contributed by atoms with Crippen molar-refractivity contribution in [2.75, 3.05) is 34.4 Å². The minimum Gasteiger partial charge on any atom is -0.444 e. The Morgan fingerprint density at radius 3 is 1.23 bits per heavy atom. The fourth-order valence-corrected chi connectivity index (χ4v) is 22.4. The lowest BCUT2D eigenvalue weighted by Gasteiger charge is -2.35. The fraction of sp³-hybridized carbons (Fsp3) is 0.395. The number of fused-ring (bicyclic) bond motifs is 8. The Balaban J connectivity index is 0.000000168. The van der Waals surface area contributed by atoms with Crippen LogP contribution in [0.25, 0.3) is 83.2 Å². The third kappa shape index (κ3) is 19.1. The zero-order valence-electron chi connectivity index (χ0n) is 61.7. The van der Waals surface area contributed by atoms with Gasteiger partial charge in [-0.1, -0.05) is 14.9 Å². The molecule has 4 aliphatic heterocycles. The lowest BCUT2D eigenvalue weighted by Crippen LogP contribution is -2.44. The molecular weight excluding hydrogens is 1590 g/mol. The van der Waals surface area contributed by atoms with Gasteiger partial charge in [0, 0.05) is 125 Å². The van der Waals surface area contributed by atoms with Gasteiger partial charge in [0.15, 0.2) is 0 Å². The lowest BCUT2D eigenvalue weighted by molar-refractivity contribution is -0.115. The maximum Gasteiger partial charge on any atom is 0.410 e. The Morgan fingerprint density at radius 1 is 0.464 bits per heavy atom. The van der Waals surface area contributed by atoms with Crippen LogP contribution < -0.4 is 31.9 Å². The van der Waals surface area contributed by atoms with E-state index in [1.54, 1.807) is 141 Å². The Labute approximate surface area is 683 Å². The van der Waals surface area contributed by atoms with Gasteiger partial charge in [0.25, 0.3) is 0 Å². The van der Waals surface area contributed by atoms with E-state index >= 15 is 0 Å². The number of carbonyl (C=O) groups excluding carboxylic acids is 6. The van der Waals surface area contributed by atoms with E-state index in [0.717, 1.165) is 150 Å². The van der Waals surface area contributed by atoms with Gasteiger partial charge in [0.1, 0.15) is 73.3 Å². The molecule has 12 aromatic heterocycles. The summed E-state index contributed by atoms with van der Waals surface area (Å²) < 4.78 is 15.5. The number of amides is 6. The number of thiazole rings is 4. The molecule has 0 saturated carbocycles. The van der Waals surface area contributed by atoms with Crippen LogP contribution in [0.15, 0.2) is 73.8 Å². The van der Waals surface area contributed by atoms with Crippen molar-refractivity contribution in [1.82, 2.24) is 60.3 Å². The molecule has 6 N–H and O–H groups in total.